The third-order valence-electron chi connectivity index (χ3n) is 7.71. The molecule has 1 saturated carbocycles. The molecule has 0 aromatic heterocycles. The quantitative estimate of drug-likeness (QED) is 0.598. The van der Waals surface area contributed by atoms with E-state index in [9.17, 15) is 14.4 Å². The van der Waals surface area contributed by atoms with Crippen molar-refractivity contribution in [2.45, 2.75) is 70.1 Å². The largest absolute Gasteiger partial charge is 0.489 e. The van der Waals surface area contributed by atoms with Crippen LogP contribution in [0.1, 0.15) is 59.2 Å². The Balaban J connectivity index is 1.09. The summed E-state index contributed by atoms with van der Waals surface area (Å²) >= 11 is 0. The Morgan fingerprint density at radius 2 is 1.66 bits per heavy atom. The number of Topliss-reactive ketones (excluding diaryl/α,β-unsaturated/α-hetero) is 2. The smallest absolute Gasteiger partial charge is 0.255 e. The highest BCUT2D eigenvalue weighted by Crippen LogP contribution is 2.34. The van der Waals surface area contributed by atoms with Gasteiger partial charge in [-0.25, -0.2) is 0 Å². The second-order valence-electron chi connectivity index (χ2n) is 10.2. The van der Waals surface area contributed by atoms with Crippen molar-refractivity contribution in [3.05, 3.63) is 64.7 Å². The van der Waals surface area contributed by atoms with Crippen molar-refractivity contribution in [2.24, 2.45) is 0 Å². The number of carbonyl (C=O) groups is 3. The standard InChI is InChI=1S/C28H30N2O5/c31-20-8-11-25(26(32)12-20)30-16-24-23(28(30)33)2-1-3-27(24)34-17-19-6-4-18(5-7-19)13-29-14-21-9-10-22(15-29)35-21/h1-7,21-22,25H,8-17H2. The lowest BCUT2D eigenvalue weighted by Crippen LogP contribution is -2.44. The summed E-state index contributed by atoms with van der Waals surface area (Å²) in [5.74, 6) is 0.321. The number of fused-ring (bicyclic) bond motifs is 3. The molecule has 0 radical (unpaired) electrons. The SMILES string of the molecule is O=C1CCC(N2Cc3c(OCc4ccc(CN5CC6CCC(C5)O6)cc4)cccc3C2=O)C(=O)C1. The number of likely N-dealkylation sites (tertiary alicyclic amines) is 1. The lowest BCUT2D eigenvalue weighted by atomic mass is 9.92. The molecular formula is C28H30N2O5. The summed E-state index contributed by atoms with van der Waals surface area (Å²) in [6, 6.07) is 13.5. The van der Waals surface area contributed by atoms with E-state index in [-0.39, 0.29) is 23.9 Å². The fourth-order valence-electron chi connectivity index (χ4n) is 5.89. The first kappa shape index (κ1) is 22.4. The lowest BCUT2D eigenvalue weighted by Gasteiger charge is -2.32. The maximum absolute atomic E-state index is 13.0. The summed E-state index contributed by atoms with van der Waals surface area (Å²) in [4.78, 5) is 41.1. The number of ketones is 2. The number of hydrogen-bond donors (Lipinski definition) is 0. The predicted molar refractivity (Wildman–Crippen MR) is 128 cm³/mol. The highest BCUT2D eigenvalue weighted by atomic mass is 16.5. The Morgan fingerprint density at radius 3 is 2.40 bits per heavy atom. The average Bonchev–Trinajstić information content (AvgIpc) is 3.37. The van der Waals surface area contributed by atoms with Gasteiger partial charge >= 0.3 is 0 Å². The zero-order valence-corrected chi connectivity index (χ0v) is 19.8. The van der Waals surface area contributed by atoms with Gasteiger partial charge < -0.3 is 14.4 Å². The highest BCUT2D eigenvalue weighted by Gasteiger charge is 2.40. The molecule has 7 heteroatoms. The van der Waals surface area contributed by atoms with Gasteiger partial charge in [0, 0.05) is 37.2 Å². The molecule has 4 aliphatic rings. The van der Waals surface area contributed by atoms with Gasteiger partial charge in [0.05, 0.1) is 31.2 Å². The van der Waals surface area contributed by atoms with Gasteiger partial charge in [-0.2, -0.15) is 0 Å². The first-order valence-corrected chi connectivity index (χ1v) is 12.6. The van der Waals surface area contributed by atoms with Gasteiger partial charge in [0.15, 0.2) is 5.78 Å². The van der Waals surface area contributed by atoms with E-state index in [0.717, 1.165) is 30.8 Å². The fourth-order valence-corrected chi connectivity index (χ4v) is 5.89. The monoisotopic (exact) mass is 474 g/mol. The van der Waals surface area contributed by atoms with E-state index < -0.39 is 6.04 Å². The molecule has 3 aliphatic heterocycles. The zero-order chi connectivity index (χ0) is 23.9. The van der Waals surface area contributed by atoms with Crippen LogP contribution in [0, 0.1) is 0 Å². The second-order valence-corrected chi connectivity index (χ2v) is 10.2. The third-order valence-corrected chi connectivity index (χ3v) is 7.71. The highest BCUT2D eigenvalue weighted by molar-refractivity contribution is 6.07. The van der Waals surface area contributed by atoms with Crippen molar-refractivity contribution in [3.63, 3.8) is 0 Å². The number of carbonyl (C=O) groups excluding carboxylic acids is 3. The first-order valence-electron chi connectivity index (χ1n) is 12.6. The molecule has 35 heavy (non-hydrogen) atoms. The molecule has 3 fully saturated rings. The van der Waals surface area contributed by atoms with Crippen LogP contribution in [0.15, 0.2) is 42.5 Å². The van der Waals surface area contributed by atoms with E-state index in [1.807, 2.05) is 12.1 Å². The molecule has 0 N–H and O–H groups in total. The molecule has 2 saturated heterocycles. The maximum Gasteiger partial charge on any atom is 0.255 e. The molecule has 6 rings (SSSR count). The van der Waals surface area contributed by atoms with Crippen molar-refractivity contribution in [3.8, 4) is 5.75 Å². The molecule has 3 heterocycles. The predicted octanol–water partition coefficient (Wildman–Crippen LogP) is 3.28. The van der Waals surface area contributed by atoms with Crippen molar-refractivity contribution in [2.75, 3.05) is 13.1 Å². The van der Waals surface area contributed by atoms with E-state index in [0.29, 0.717) is 49.5 Å². The molecule has 2 bridgehead atoms. The Hall–Kier alpha value is -3.03. The number of benzene rings is 2. The summed E-state index contributed by atoms with van der Waals surface area (Å²) in [5, 5.41) is 0. The van der Waals surface area contributed by atoms with E-state index in [4.69, 9.17) is 9.47 Å². The molecule has 182 valence electrons. The first-order chi connectivity index (χ1) is 17.0. The van der Waals surface area contributed by atoms with Gasteiger partial charge in [-0.3, -0.25) is 19.3 Å². The van der Waals surface area contributed by atoms with Crippen LogP contribution >= 0.6 is 0 Å². The molecule has 1 aliphatic carbocycles. The minimum absolute atomic E-state index is 0.0393. The van der Waals surface area contributed by atoms with Crippen molar-refractivity contribution in [1.29, 1.82) is 0 Å². The Morgan fingerprint density at radius 1 is 0.914 bits per heavy atom. The second kappa shape index (κ2) is 9.21. The number of ether oxygens (including phenoxy) is 2. The van der Waals surface area contributed by atoms with Gasteiger partial charge in [-0.1, -0.05) is 30.3 Å². The van der Waals surface area contributed by atoms with E-state index >= 15 is 0 Å². The average molecular weight is 475 g/mol. The Kier molecular flexibility index (Phi) is 5.90. The maximum atomic E-state index is 13.0. The number of hydrogen-bond acceptors (Lipinski definition) is 6. The van der Waals surface area contributed by atoms with Crippen LogP contribution in [-0.4, -0.2) is 58.6 Å². The van der Waals surface area contributed by atoms with Crippen LogP contribution in [0.25, 0.3) is 0 Å². The molecule has 2 aromatic carbocycles. The molecule has 7 nitrogen and oxygen atoms in total. The van der Waals surface area contributed by atoms with Crippen LogP contribution in [0.5, 0.6) is 5.75 Å². The lowest BCUT2D eigenvalue weighted by molar-refractivity contribution is -0.133. The van der Waals surface area contributed by atoms with Crippen molar-refractivity contribution >= 4 is 17.5 Å². The number of nitrogens with zero attached hydrogens (tertiary/aromatic N) is 2. The zero-order valence-electron chi connectivity index (χ0n) is 19.8. The van der Waals surface area contributed by atoms with Crippen molar-refractivity contribution < 1.29 is 23.9 Å². The van der Waals surface area contributed by atoms with Crippen LogP contribution in [0.4, 0.5) is 0 Å². The van der Waals surface area contributed by atoms with Crippen LogP contribution < -0.4 is 4.74 Å². The molecule has 3 atom stereocenters. The molecule has 2 aromatic rings. The number of amides is 1. The normalized spacial score (nSPS) is 26.3. The number of morpholine rings is 1. The fraction of sp³-hybridized carbons (Fsp3) is 0.464. The van der Waals surface area contributed by atoms with Crippen LogP contribution in [-0.2, 0) is 34.0 Å². The van der Waals surface area contributed by atoms with Gasteiger partial charge in [0.1, 0.15) is 18.1 Å². The Labute approximate surface area is 205 Å². The molecule has 3 unspecified atom stereocenters. The summed E-state index contributed by atoms with van der Waals surface area (Å²) in [6.07, 6.45) is 3.85. The summed E-state index contributed by atoms with van der Waals surface area (Å²) in [5.41, 5.74) is 3.76. The van der Waals surface area contributed by atoms with Crippen molar-refractivity contribution in [1.82, 2.24) is 9.80 Å². The van der Waals surface area contributed by atoms with Crippen LogP contribution in [0.2, 0.25) is 0 Å². The topological polar surface area (TPSA) is 76.2 Å². The molecule has 0 spiro atoms. The van der Waals surface area contributed by atoms with Gasteiger partial charge in [-0.05, 0) is 42.5 Å². The minimum Gasteiger partial charge on any atom is -0.489 e. The third kappa shape index (κ3) is 4.50. The van der Waals surface area contributed by atoms with Gasteiger partial charge in [-0.15, -0.1) is 0 Å². The summed E-state index contributed by atoms with van der Waals surface area (Å²) in [7, 11) is 0. The van der Waals surface area contributed by atoms with Gasteiger partial charge in [0.25, 0.3) is 5.91 Å². The molecular weight excluding hydrogens is 444 g/mol. The van der Waals surface area contributed by atoms with E-state index in [1.165, 1.54) is 18.4 Å². The molecule has 1 amide bonds. The van der Waals surface area contributed by atoms with Crippen LogP contribution in [0.3, 0.4) is 0 Å². The summed E-state index contributed by atoms with van der Waals surface area (Å²) < 4.78 is 12.1. The van der Waals surface area contributed by atoms with E-state index in [2.05, 4.69) is 29.2 Å². The van der Waals surface area contributed by atoms with E-state index in [1.54, 1.807) is 11.0 Å². The minimum atomic E-state index is -0.519. The Bertz CT molecular complexity index is 1150. The summed E-state index contributed by atoms with van der Waals surface area (Å²) in [6.45, 7) is 3.71. The number of rotatable bonds is 6. The van der Waals surface area contributed by atoms with Gasteiger partial charge in [0.2, 0.25) is 0 Å².